The second kappa shape index (κ2) is 5.82. The highest BCUT2D eigenvalue weighted by Gasteiger charge is 2.39. The fourth-order valence-electron chi connectivity index (χ4n) is 3.01. The monoisotopic (exact) mass is 273 g/mol. The van der Waals surface area contributed by atoms with Gasteiger partial charge in [0.05, 0.1) is 23.8 Å². The van der Waals surface area contributed by atoms with E-state index in [9.17, 15) is 0 Å². The van der Waals surface area contributed by atoms with Crippen LogP contribution in [0.15, 0.2) is 24.3 Å². The van der Waals surface area contributed by atoms with Crippen molar-refractivity contribution >= 4 is 0 Å². The van der Waals surface area contributed by atoms with E-state index < -0.39 is 0 Å². The molecule has 0 N–H and O–H groups in total. The first-order chi connectivity index (χ1) is 9.80. The highest BCUT2D eigenvalue weighted by Crippen LogP contribution is 2.35. The summed E-state index contributed by atoms with van der Waals surface area (Å²) in [5.41, 5.74) is 0.573. The van der Waals surface area contributed by atoms with Crippen LogP contribution in [0.3, 0.4) is 0 Å². The average molecular weight is 273 g/mol. The van der Waals surface area contributed by atoms with Crippen molar-refractivity contribution in [3.8, 4) is 11.8 Å². The van der Waals surface area contributed by atoms with Crippen LogP contribution in [-0.2, 0) is 9.47 Å². The summed E-state index contributed by atoms with van der Waals surface area (Å²) in [6.07, 6.45) is 3.87. The fraction of sp³-hybridized carbons (Fsp3) is 0.562. The normalized spacial score (nSPS) is 25.1. The Balaban J connectivity index is 1.66. The number of ether oxygens (including phenoxy) is 3. The third-order valence-corrected chi connectivity index (χ3v) is 4.12. The van der Waals surface area contributed by atoms with E-state index in [1.54, 1.807) is 12.1 Å². The molecule has 106 valence electrons. The SMILES string of the molecule is N#Cc1cccc(OC2CCOC3(CCOCC3)C2)c1. The Morgan fingerprint density at radius 1 is 1.25 bits per heavy atom. The first-order valence-corrected chi connectivity index (χ1v) is 7.18. The lowest BCUT2D eigenvalue weighted by Crippen LogP contribution is -2.47. The van der Waals surface area contributed by atoms with Crippen LogP contribution in [0.25, 0.3) is 0 Å². The minimum atomic E-state index is -0.0615. The zero-order chi connectivity index (χ0) is 13.8. The molecule has 1 spiro atoms. The number of rotatable bonds is 2. The maximum atomic E-state index is 8.93. The van der Waals surface area contributed by atoms with Crippen molar-refractivity contribution in [2.45, 2.75) is 37.4 Å². The summed E-state index contributed by atoms with van der Waals surface area (Å²) < 4.78 is 17.5. The molecular weight excluding hydrogens is 254 g/mol. The van der Waals surface area contributed by atoms with Crippen molar-refractivity contribution in [2.75, 3.05) is 19.8 Å². The number of hydrogen-bond acceptors (Lipinski definition) is 4. The summed E-state index contributed by atoms with van der Waals surface area (Å²) in [5.74, 6) is 0.776. The average Bonchev–Trinajstić information content (AvgIpc) is 2.48. The molecule has 2 fully saturated rings. The Kier molecular flexibility index (Phi) is 3.90. The van der Waals surface area contributed by atoms with E-state index in [1.165, 1.54) is 0 Å². The van der Waals surface area contributed by atoms with Crippen LogP contribution < -0.4 is 4.74 Å². The molecule has 4 nitrogen and oxygen atoms in total. The minimum Gasteiger partial charge on any atom is -0.490 e. The number of benzene rings is 1. The molecule has 1 atom stereocenters. The molecule has 0 aromatic heterocycles. The van der Waals surface area contributed by atoms with Crippen LogP contribution in [0.2, 0.25) is 0 Å². The van der Waals surface area contributed by atoms with Gasteiger partial charge in [-0.3, -0.25) is 0 Å². The molecular formula is C16H19NO3. The smallest absolute Gasteiger partial charge is 0.121 e. The molecule has 2 aliphatic rings. The standard InChI is InChI=1S/C16H19NO3/c17-12-13-2-1-3-14(10-13)20-15-4-7-19-16(11-15)5-8-18-9-6-16/h1-3,10,15H,4-9,11H2. The van der Waals surface area contributed by atoms with Crippen molar-refractivity contribution in [3.05, 3.63) is 29.8 Å². The highest BCUT2D eigenvalue weighted by molar-refractivity contribution is 5.36. The predicted octanol–water partition coefficient (Wildman–Crippen LogP) is 2.67. The van der Waals surface area contributed by atoms with E-state index in [1.807, 2.05) is 12.1 Å². The van der Waals surface area contributed by atoms with Crippen LogP contribution in [-0.4, -0.2) is 31.5 Å². The molecule has 0 radical (unpaired) electrons. The zero-order valence-electron chi connectivity index (χ0n) is 11.5. The Hall–Kier alpha value is -1.57. The van der Waals surface area contributed by atoms with Gasteiger partial charge >= 0.3 is 0 Å². The molecule has 0 saturated carbocycles. The van der Waals surface area contributed by atoms with Gasteiger partial charge in [0.1, 0.15) is 11.9 Å². The Bertz CT molecular complexity index is 497. The van der Waals surface area contributed by atoms with Gasteiger partial charge in [-0.25, -0.2) is 0 Å². The Morgan fingerprint density at radius 2 is 2.10 bits per heavy atom. The molecule has 0 amide bonds. The second-order valence-electron chi connectivity index (χ2n) is 5.52. The first kappa shape index (κ1) is 13.4. The van der Waals surface area contributed by atoms with Gasteiger partial charge in [0.25, 0.3) is 0 Å². The van der Waals surface area contributed by atoms with Crippen molar-refractivity contribution in [3.63, 3.8) is 0 Å². The zero-order valence-corrected chi connectivity index (χ0v) is 11.5. The summed E-state index contributed by atoms with van der Waals surface area (Å²) in [4.78, 5) is 0. The van der Waals surface area contributed by atoms with Gasteiger partial charge in [-0.1, -0.05) is 6.07 Å². The number of nitriles is 1. The number of hydrogen-bond donors (Lipinski definition) is 0. The van der Waals surface area contributed by atoms with E-state index in [2.05, 4.69) is 6.07 Å². The Labute approximate surface area is 119 Å². The number of nitrogens with zero attached hydrogens (tertiary/aromatic N) is 1. The lowest BCUT2D eigenvalue weighted by Gasteiger charge is -2.43. The minimum absolute atomic E-state index is 0.0615. The third-order valence-electron chi connectivity index (χ3n) is 4.12. The summed E-state index contributed by atoms with van der Waals surface area (Å²) >= 11 is 0. The van der Waals surface area contributed by atoms with Gasteiger partial charge in [-0.05, 0) is 31.0 Å². The van der Waals surface area contributed by atoms with E-state index in [0.717, 1.165) is 51.3 Å². The topological polar surface area (TPSA) is 51.5 Å². The van der Waals surface area contributed by atoms with Gasteiger partial charge < -0.3 is 14.2 Å². The molecule has 20 heavy (non-hydrogen) atoms. The largest absolute Gasteiger partial charge is 0.490 e. The summed E-state index contributed by atoms with van der Waals surface area (Å²) in [6.45, 7) is 2.29. The van der Waals surface area contributed by atoms with Gasteiger partial charge in [-0.2, -0.15) is 5.26 Å². The molecule has 0 bridgehead atoms. The van der Waals surface area contributed by atoms with Crippen LogP contribution in [0, 0.1) is 11.3 Å². The van der Waals surface area contributed by atoms with E-state index in [-0.39, 0.29) is 11.7 Å². The van der Waals surface area contributed by atoms with Crippen LogP contribution in [0.5, 0.6) is 5.75 Å². The van der Waals surface area contributed by atoms with Crippen LogP contribution in [0.1, 0.15) is 31.2 Å². The molecule has 4 heteroatoms. The van der Waals surface area contributed by atoms with Crippen LogP contribution >= 0.6 is 0 Å². The molecule has 0 aliphatic carbocycles. The highest BCUT2D eigenvalue weighted by atomic mass is 16.5. The quantitative estimate of drug-likeness (QED) is 0.831. The van der Waals surface area contributed by atoms with Crippen molar-refractivity contribution in [1.29, 1.82) is 5.26 Å². The molecule has 3 rings (SSSR count). The second-order valence-corrected chi connectivity index (χ2v) is 5.52. The van der Waals surface area contributed by atoms with E-state index >= 15 is 0 Å². The third kappa shape index (κ3) is 2.95. The molecule has 1 aromatic carbocycles. The van der Waals surface area contributed by atoms with E-state index in [4.69, 9.17) is 19.5 Å². The maximum Gasteiger partial charge on any atom is 0.121 e. The van der Waals surface area contributed by atoms with E-state index in [0.29, 0.717) is 5.56 Å². The van der Waals surface area contributed by atoms with Crippen molar-refractivity contribution in [1.82, 2.24) is 0 Å². The summed E-state index contributed by atoms with van der Waals surface area (Å²) in [7, 11) is 0. The molecule has 2 saturated heterocycles. The molecule has 2 aliphatic heterocycles. The van der Waals surface area contributed by atoms with Crippen molar-refractivity contribution < 1.29 is 14.2 Å². The van der Waals surface area contributed by atoms with Crippen molar-refractivity contribution in [2.24, 2.45) is 0 Å². The fourth-order valence-corrected chi connectivity index (χ4v) is 3.01. The summed E-state index contributed by atoms with van der Waals surface area (Å²) in [6, 6.07) is 9.49. The summed E-state index contributed by atoms with van der Waals surface area (Å²) in [5, 5.41) is 8.93. The molecule has 1 aromatic rings. The Morgan fingerprint density at radius 3 is 2.90 bits per heavy atom. The van der Waals surface area contributed by atoms with Gasteiger partial charge in [0.15, 0.2) is 0 Å². The van der Waals surface area contributed by atoms with Gasteiger partial charge in [0.2, 0.25) is 0 Å². The lowest BCUT2D eigenvalue weighted by molar-refractivity contribution is -0.155. The van der Waals surface area contributed by atoms with Gasteiger partial charge in [0, 0.05) is 26.1 Å². The lowest BCUT2D eigenvalue weighted by atomic mass is 9.85. The van der Waals surface area contributed by atoms with Crippen LogP contribution in [0.4, 0.5) is 0 Å². The maximum absolute atomic E-state index is 8.93. The molecule has 2 heterocycles. The van der Waals surface area contributed by atoms with Gasteiger partial charge in [-0.15, -0.1) is 0 Å². The predicted molar refractivity (Wildman–Crippen MR) is 73.5 cm³/mol. The first-order valence-electron chi connectivity index (χ1n) is 7.18. The molecule has 1 unspecified atom stereocenters.